The second-order valence-electron chi connectivity index (χ2n) is 3.35. The van der Waals surface area contributed by atoms with E-state index in [0.717, 1.165) is 23.7 Å². The summed E-state index contributed by atoms with van der Waals surface area (Å²) in [6.07, 6.45) is 2.37. The molecule has 3 heteroatoms. The minimum Gasteiger partial charge on any atom is -0.493 e. The van der Waals surface area contributed by atoms with E-state index in [4.69, 9.17) is 9.47 Å². The number of unbranched alkanes of at least 4 members (excludes halogenated alkanes) is 1. The lowest BCUT2D eigenvalue weighted by Crippen LogP contribution is -2.01. The Bertz CT molecular complexity index is 300. The highest BCUT2D eigenvalue weighted by Gasteiger charge is 2.03. The number of ether oxygens (including phenoxy) is 2. The SMILES string of the molecule is CCCCNc1ccc(OC)c(OC)c1. The second-order valence-corrected chi connectivity index (χ2v) is 3.35. The lowest BCUT2D eigenvalue weighted by atomic mass is 10.2. The molecule has 0 amide bonds. The van der Waals surface area contributed by atoms with Crippen molar-refractivity contribution in [2.24, 2.45) is 0 Å². The Morgan fingerprint density at radius 2 is 1.87 bits per heavy atom. The smallest absolute Gasteiger partial charge is 0.162 e. The summed E-state index contributed by atoms with van der Waals surface area (Å²) in [7, 11) is 3.29. The molecule has 0 atom stereocenters. The monoisotopic (exact) mass is 209 g/mol. The minimum absolute atomic E-state index is 0.763. The average molecular weight is 209 g/mol. The van der Waals surface area contributed by atoms with Crippen LogP contribution in [-0.2, 0) is 0 Å². The van der Waals surface area contributed by atoms with Crippen LogP contribution in [0, 0.1) is 0 Å². The third-order valence-electron chi connectivity index (χ3n) is 2.24. The van der Waals surface area contributed by atoms with Gasteiger partial charge in [0.25, 0.3) is 0 Å². The van der Waals surface area contributed by atoms with Gasteiger partial charge in [-0.05, 0) is 18.6 Å². The molecule has 15 heavy (non-hydrogen) atoms. The molecule has 0 aliphatic heterocycles. The van der Waals surface area contributed by atoms with E-state index in [0.29, 0.717) is 0 Å². The molecule has 1 rings (SSSR count). The Morgan fingerprint density at radius 3 is 2.47 bits per heavy atom. The second kappa shape index (κ2) is 6.17. The quantitative estimate of drug-likeness (QED) is 0.731. The van der Waals surface area contributed by atoms with E-state index in [1.807, 2.05) is 18.2 Å². The summed E-state index contributed by atoms with van der Waals surface area (Å²) >= 11 is 0. The zero-order valence-corrected chi connectivity index (χ0v) is 9.67. The first-order valence-corrected chi connectivity index (χ1v) is 5.27. The summed E-state index contributed by atoms with van der Waals surface area (Å²) in [5.41, 5.74) is 1.07. The summed E-state index contributed by atoms with van der Waals surface area (Å²) in [6.45, 7) is 3.17. The maximum absolute atomic E-state index is 5.22. The summed E-state index contributed by atoms with van der Waals surface area (Å²) < 4.78 is 10.4. The maximum Gasteiger partial charge on any atom is 0.162 e. The van der Waals surface area contributed by atoms with Crippen molar-refractivity contribution in [3.8, 4) is 11.5 Å². The molecular formula is C12H19NO2. The third kappa shape index (κ3) is 3.35. The van der Waals surface area contributed by atoms with Gasteiger partial charge in [0.1, 0.15) is 0 Å². The molecule has 0 aromatic heterocycles. The van der Waals surface area contributed by atoms with Gasteiger partial charge in [-0.3, -0.25) is 0 Å². The molecule has 0 radical (unpaired) electrons. The fourth-order valence-corrected chi connectivity index (χ4v) is 1.36. The van der Waals surface area contributed by atoms with Gasteiger partial charge in [0.2, 0.25) is 0 Å². The largest absolute Gasteiger partial charge is 0.493 e. The molecule has 84 valence electrons. The predicted molar refractivity (Wildman–Crippen MR) is 62.9 cm³/mol. The van der Waals surface area contributed by atoms with Crippen LogP contribution >= 0.6 is 0 Å². The molecule has 0 spiro atoms. The molecule has 0 heterocycles. The summed E-state index contributed by atoms with van der Waals surface area (Å²) in [5.74, 6) is 1.53. The van der Waals surface area contributed by atoms with E-state index in [-0.39, 0.29) is 0 Å². The van der Waals surface area contributed by atoms with E-state index < -0.39 is 0 Å². The van der Waals surface area contributed by atoms with Crippen molar-refractivity contribution >= 4 is 5.69 Å². The molecular weight excluding hydrogens is 190 g/mol. The van der Waals surface area contributed by atoms with E-state index >= 15 is 0 Å². The standard InChI is InChI=1S/C12H19NO2/c1-4-5-8-13-10-6-7-11(14-2)12(9-10)15-3/h6-7,9,13H,4-5,8H2,1-3H3. The summed E-state index contributed by atoms with van der Waals surface area (Å²) in [6, 6.07) is 5.86. The number of hydrogen-bond acceptors (Lipinski definition) is 3. The van der Waals surface area contributed by atoms with Gasteiger partial charge in [0, 0.05) is 18.3 Å². The number of rotatable bonds is 6. The Hall–Kier alpha value is -1.38. The molecule has 0 aliphatic rings. The van der Waals surface area contributed by atoms with Crippen LogP contribution in [0.3, 0.4) is 0 Å². The lowest BCUT2D eigenvalue weighted by molar-refractivity contribution is 0.355. The number of nitrogens with one attached hydrogen (secondary N) is 1. The number of benzene rings is 1. The van der Waals surface area contributed by atoms with Crippen LogP contribution < -0.4 is 14.8 Å². The Morgan fingerprint density at radius 1 is 1.13 bits per heavy atom. The Labute approximate surface area is 91.4 Å². The molecule has 0 aliphatic carbocycles. The van der Waals surface area contributed by atoms with Gasteiger partial charge in [-0.25, -0.2) is 0 Å². The molecule has 0 unspecified atom stereocenters. The van der Waals surface area contributed by atoms with Crippen LogP contribution in [0.4, 0.5) is 5.69 Å². The van der Waals surface area contributed by atoms with Gasteiger partial charge in [-0.15, -0.1) is 0 Å². The molecule has 0 bridgehead atoms. The molecule has 0 saturated heterocycles. The van der Waals surface area contributed by atoms with Gasteiger partial charge >= 0.3 is 0 Å². The Kier molecular flexibility index (Phi) is 4.81. The average Bonchev–Trinajstić information content (AvgIpc) is 2.29. The molecule has 1 aromatic rings. The van der Waals surface area contributed by atoms with E-state index in [1.54, 1.807) is 14.2 Å². The normalized spacial score (nSPS) is 9.80. The highest BCUT2D eigenvalue weighted by Crippen LogP contribution is 2.29. The first kappa shape index (κ1) is 11.7. The number of methoxy groups -OCH3 is 2. The van der Waals surface area contributed by atoms with Crippen LogP contribution in [0.5, 0.6) is 11.5 Å². The van der Waals surface area contributed by atoms with Gasteiger partial charge in [0.15, 0.2) is 11.5 Å². The fourth-order valence-electron chi connectivity index (χ4n) is 1.36. The highest BCUT2D eigenvalue weighted by molar-refractivity contribution is 5.54. The van der Waals surface area contributed by atoms with Crippen molar-refractivity contribution < 1.29 is 9.47 Å². The van der Waals surface area contributed by atoms with Crippen LogP contribution in [0.15, 0.2) is 18.2 Å². The molecule has 3 nitrogen and oxygen atoms in total. The van der Waals surface area contributed by atoms with Crippen LogP contribution in [0.2, 0.25) is 0 Å². The van der Waals surface area contributed by atoms with Gasteiger partial charge < -0.3 is 14.8 Å². The topological polar surface area (TPSA) is 30.5 Å². The molecule has 1 N–H and O–H groups in total. The van der Waals surface area contributed by atoms with Gasteiger partial charge in [0.05, 0.1) is 14.2 Å². The summed E-state index contributed by atoms with van der Waals surface area (Å²) in [4.78, 5) is 0. The van der Waals surface area contributed by atoms with Crippen LogP contribution in [-0.4, -0.2) is 20.8 Å². The third-order valence-corrected chi connectivity index (χ3v) is 2.24. The van der Waals surface area contributed by atoms with Crippen molar-refractivity contribution in [1.29, 1.82) is 0 Å². The highest BCUT2D eigenvalue weighted by atomic mass is 16.5. The minimum atomic E-state index is 0.763. The van der Waals surface area contributed by atoms with Crippen LogP contribution in [0.1, 0.15) is 19.8 Å². The van der Waals surface area contributed by atoms with Crippen molar-refractivity contribution in [2.75, 3.05) is 26.1 Å². The Balaban J connectivity index is 2.66. The van der Waals surface area contributed by atoms with Gasteiger partial charge in [-0.2, -0.15) is 0 Å². The lowest BCUT2D eigenvalue weighted by Gasteiger charge is -2.10. The zero-order valence-electron chi connectivity index (χ0n) is 9.67. The fraction of sp³-hybridized carbons (Fsp3) is 0.500. The first-order chi connectivity index (χ1) is 7.31. The number of anilines is 1. The van der Waals surface area contributed by atoms with Crippen molar-refractivity contribution in [1.82, 2.24) is 0 Å². The van der Waals surface area contributed by atoms with Crippen molar-refractivity contribution in [3.05, 3.63) is 18.2 Å². The molecule has 0 saturated carbocycles. The number of hydrogen-bond donors (Lipinski definition) is 1. The zero-order chi connectivity index (χ0) is 11.1. The predicted octanol–water partition coefficient (Wildman–Crippen LogP) is 2.92. The van der Waals surface area contributed by atoms with E-state index in [2.05, 4.69) is 12.2 Å². The van der Waals surface area contributed by atoms with Crippen LogP contribution in [0.25, 0.3) is 0 Å². The van der Waals surface area contributed by atoms with Crippen molar-refractivity contribution in [2.45, 2.75) is 19.8 Å². The molecule has 0 fully saturated rings. The van der Waals surface area contributed by atoms with Crippen molar-refractivity contribution in [3.63, 3.8) is 0 Å². The first-order valence-electron chi connectivity index (χ1n) is 5.27. The van der Waals surface area contributed by atoms with E-state index in [9.17, 15) is 0 Å². The maximum atomic E-state index is 5.22. The van der Waals surface area contributed by atoms with E-state index in [1.165, 1.54) is 12.8 Å². The van der Waals surface area contributed by atoms with Gasteiger partial charge in [-0.1, -0.05) is 13.3 Å². The molecule has 1 aromatic carbocycles. The summed E-state index contributed by atoms with van der Waals surface area (Å²) in [5, 5.41) is 3.34.